The van der Waals surface area contributed by atoms with Gasteiger partial charge in [-0.2, -0.15) is 0 Å². The zero-order valence-electron chi connectivity index (χ0n) is 12.3. The Morgan fingerprint density at radius 1 is 1.50 bits per heavy atom. The summed E-state index contributed by atoms with van der Waals surface area (Å²) < 4.78 is 12.1. The van der Waals surface area contributed by atoms with Crippen molar-refractivity contribution < 1.29 is 9.47 Å². The average Bonchev–Trinajstić information content (AvgIpc) is 2.92. The summed E-state index contributed by atoms with van der Waals surface area (Å²) in [5, 5.41) is 3.58. The lowest BCUT2D eigenvalue weighted by Crippen LogP contribution is -2.34. The van der Waals surface area contributed by atoms with Crippen LogP contribution in [0, 0.1) is 0 Å². The van der Waals surface area contributed by atoms with Gasteiger partial charge in [0.25, 0.3) is 0 Å². The lowest BCUT2D eigenvalue weighted by Gasteiger charge is -2.21. The highest BCUT2D eigenvalue weighted by molar-refractivity contribution is 9.10. The van der Waals surface area contributed by atoms with Gasteiger partial charge in [-0.1, -0.05) is 13.0 Å². The Kier molecular flexibility index (Phi) is 6.33. The molecule has 3 nitrogen and oxygen atoms in total. The Morgan fingerprint density at radius 2 is 2.35 bits per heavy atom. The molecule has 0 radical (unpaired) electrons. The number of halogens is 1. The van der Waals surface area contributed by atoms with E-state index in [1.807, 2.05) is 6.07 Å². The molecule has 1 N–H and O–H groups in total. The van der Waals surface area contributed by atoms with Gasteiger partial charge in [0.05, 0.1) is 17.7 Å². The quantitative estimate of drug-likeness (QED) is 0.822. The molecule has 112 valence electrons. The van der Waals surface area contributed by atoms with Gasteiger partial charge in [-0.05, 0) is 65.9 Å². The molecule has 0 aliphatic carbocycles. The Balaban J connectivity index is 1.97. The third-order valence-corrected chi connectivity index (χ3v) is 4.38. The van der Waals surface area contributed by atoms with E-state index in [2.05, 4.69) is 40.3 Å². The van der Waals surface area contributed by atoms with E-state index < -0.39 is 0 Å². The monoisotopic (exact) mass is 341 g/mol. The molecule has 4 heteroatoms. The van der Waals surface area contributed by atoms with E-state index in [1.165, 1.54) is 18.4 Å². The summed E-state index contributed by atoms with van der Waals surface area (Å²) in [5.74, 6) is 0.882. The van der Waals surface area contributed by atoms with Crippen molar-refractivity contribution in [2.75, 3.05) is 20.3 Å². The number of hydrogen-bond acceptors (Lipinski definition) is 3. The van der Waals surface area contributed by atoms with E-state index in [0.29, 0.717) is 12.1 Å². The number of rotatable bonds is 7. The van der Waals surface area contributed by atoms with Gasteiger partial charge < -0.3 is 14.8 Å². The van der Waals surface area contributed by atoms with Crippen LogP contribution in [-0.2, 0) is 11.2 Å². The van der Waals surface area contributed by atoms with Crippen molar-refractivity contribution >= 4 is 15.9 Å². The van der Waals surface area contributed by atoms with Crippen LogP contribution in [0.5, 0.6) is 5.75 Å². The molecule has 2 unspecified atom stereocenters. The first-order chi connectivity index (χ1) is 9.72. The van der Waals surface area contributed by atoms with Crippen LogP contribution in [0.1, 0.15) is 31.7 Å². The van der Waals surface area contributed by atoms with Crippen LogP contribution >= 0.6 is 15.9 Å². The summed E-state index contributed by atoms with van der Waals surface area (Å²) in [5.41, 5.74) is 1.32. The largest absolute Gasteiger partial charge is 0.496 e. The van der Waals surface area contributed by atoms with Crippen molar-refractivity contribution in [1.82, 2.24) is 5.32 Å². The minimum absolute atomic E-state index is 0.431. The first kappa shape index (κ1) is 15.8. The molecule has 2 atom stereocenters. The van der Waals surface area contributed by atoms with Gasteiger partial charge in [0.2, 0.25) is 0 Å². The number of ether oxygens (including phenoxy) is 2. The summed E-state index contributed by atoms with van der Waals surface area (Å²) in [4.78, 5) is 0. The summed E-state index contributed by atoms with van der Waals surface area (Å²) in [6.45, 7) is 4.08. The molecule has 2 rings (SSSR count). The zero-order chi connectivity index (χ0) is 14.4. The van der Waals surface area contributed by atoms with Crippen molar-refractivity contribution in [3.8, 4) is 5.75 Å². The van der Waals surface area contributed by atoms with E-state index in [0.717, 1.165) is 36.2 Å². The zero-order valence-corrected chi connectivity index (χ0v) is 13.9. The first-order valence-corrected chi connectivity index (χ1v) is 8.19. The van der Waals surface area contributed by atoms with Crippen molar-refractivity contribution in [3.05, 3.63) is 28.2 Å². The number of methoxy groups -OCH3 is 1. The highest BCUT2D eigenvalue weighted by Crippen LogP contribution is 2.27. The molecule has 0 spiro atoms. The van der Waals surface area contributed by atoms with E-state index >= 15 is 0 Å². The lowest BCUT2D eigenvalue weighted by atomic mass is 9.99. The van der Waals surface area contributed by atoms with Crippen LogP contribution < -0.4 is 10.1 Å². The molecule has 0 saturated carbocycles. The van der Waals surface area contributed by atoms with Gasteiger partial charge in [-0.25, -0.2) is 0 Å². The Labute approximate surface area is 130 Å². The third-order valence-electron chi connectivity index (χ3n) is 3.76. The molecule has 1 saturated heterocycles. The topological polar surface area (TPSA) is 30.5 Å². The number of benzene rings is 1. The number of likely N-dealkylation sites (N-methyl/N-ethyl adjacent to an activating group) is 1. The van der Waals surface area contributed by atoms with Crippen LogP contribution in [0.2, 0.25) is 0 Å². The summed E-state index contributed by atoms with van der Waals surface area (Å²) >= 11 is 3.55. The van der Waals surface area contributed by atoms with Crippen LogP contribution in [0.3, 0.4) is 0 Å². The predicted molar refractivity (Wildman–Crippen MR) is 85.5 cm³/mol. The number of hydrogen-bond donors (Lipinski definition) is 1. The van der Waals surface area contributed by atoms with Crippen molar-refractivity contribution in [2.24, 2.45) is 0 Å². The molecular weight excluding hydrogens is 318 g/mol. The predicted octanol–water partition coefficient (Wildman–Crippen LogP) is 3.55. The van der Waals surface area contributed by atoms with E-state index in [4.69, 9.17) is 9.47 Å². The molecule has 1 aliphatic rings. The molecule has 0 amide bonds. The lowest BCUT2D eigenvalue weighted by molar-refractivity contribution is 0.0947. The van der Waals surface area contributed by atoms with Crippen molar-refractivity contribution in [3.63, 3.8) is 0 Å². The van der Waals surface area contributed by atoms with Crippen molar-refractivity contribution in [1.29, 1.82) is 0 Å². The molecular formula is C16H24BrNO2. The molecule has 0 bridgehead atoms. The molecule has 1 aliphatic heterocycles. The Hall–Kier alpha value is -0.580. The summed E-state index contributed by atoms with van der Waals surface area (Å²) in [6.07, 6.45) is 4.96. The molecule has 1 heterocycles. The van der Waals surface area contributed by atoms with Gasteiger partial charge in [-0.15, -0.1) is 0 Å². The second-order valence-electron chi connectivity index (χ2n) is 5.30. The standard InChI is InChI=1S/C16H24BrNO2/c1-3-18-13(11-14-5-4-8-20-14)9-12-6-7-16(19-2)15(17)10-12/h6-7,10,13-14,18H,3-5,8-9,11H2,1-2H3. The van der Waals surface area contributed by atoms with Crippen LogP contribution in [0.25, 0.3) is 0 Å². The van der Waals surface area contributed by atoms with Gasteiger partial charge in [0.15, 0.2) is 0 Å². The first-order valence-electron chi connectivity index (χ1n) is 7.40. The van der Waals surface area contributed by atoms with Gasteiger partial charge in [0.1, 0.15) is 5.75 Å². The second kappa shape index (κ2) is 8.01. The molecule has 1 aromatic rings. The van der Waals surface area contributed by atoms with Crippen LogP contribution in [0.4, 0.5) is 0 Å². The summed E-state index contributed by atoms with van der Waals surface area (Å²) in [6, 6.07) is 6.79. The Bertz CT molecular complexity index is 419. The van der Waals surface area contributed by atoms with E-state index in [9.17, 15) is 0 Å². The average molecular weight is 342 g/mol. The smallest absolute Gasteiger partial charge is 0.133 e. The van der Waals surface area contributed by atoms with Crippen LogP contribution in [-0.4, -0.2) is 32.4 Å². The molecule has 0 aromatic heterocycles. The minimum Gasteiger partial charge on any atom is -0.496 e. The Morgan fingerprint density at radius 3 is 2.95 bits per heavy atom. The molecule has 20 heavy (non-hydrogen) atoms. The highest BCUT2D eigenvalue weighted by atomic mass is 79.9. The maximum Gasteiger partial charge on any atom is 0.133 e. The summed E-state index contributed by atoms with van der Waals surface area (Å²) in [7, 11) is 1.69. The number of nitrogens with one attached hydrogen (secondary N) is 1. The molecule has 1 aromatic carbocycles. The van der Waals surface area contributed by atoms with Gasteiger partial charge in [0, 0.05) is 12.6 Å². The van der Waals surface area contributed by atoms with Gasteiger partial charge in [-0.3, -0.25) is 0 Å². The maximum absolute atomic E-state index is 5.76. The SMILES string of the molecule is CCNC(Cc1ccc(OC)c(Br)c1)CC1CCCO1. The fourth-order valence-electron chi connectivity index (χ4n) is 2.80. The highest BCUT2D eigenvalue weighted by Gasteiger charge is 2.20. The normalized spacial score (nSPS) is 20.1. The van der Waals surface area contributed by atoms with E-state index in [-0.39, 0.29) is 0 Å². The maximum atomic E-state index is 5.76. The van der Waals surface area contributed by atoms with Crippen LogP contribution in [0.15, 0.2) is 22.7 Å². The third kappa shape index (κ3) is 4.47. The van der Waals surface area contributed by atoms with Gasteiger partial charge >= 0.3 is 0 Å². The molecule has 1 fully saturated rings. The fourth-order valence-corrected chi connectivity index (χ4v) is 3.38. The second-order valence-corrected chi connectivity index (χ2v) is 6.15. The van der Waals surface area contributed by atoms with Crippen molar-refractivity contribution in [2.45, 2.75) is 44.8 Å². The van der Waals surface area contributed by atoms with E-state index in [1.54, 1.807) is 7.11 Å². The fraction of sp³-hybridized carbons (Fsp3) is 0.625. The minimum atomic E-state index is 0.431.